The summed E-state index contributed by atoms with van der Waals surface area (Å²) in [7, 11) is 0. The second kappa shape index (κ2) is 6.00. The Bertz CT molecular complexity index is 477. The lowest BCUT2D eigenvalue weighted by Gasteiger charge is -2.31. The first-order valence-electron chi connectivity index (χ1n) is 6.04. The van der Waals surface area contributed by atoms with E-state index in [1.807, 2.05) is 0 Å². The highest BCUT2D eigenvalue weighted by Gasteiger charge is 2.19. The fraction of sp³-hybridized carbons (Fsp3) is 0.462. The van der Waals surface area contributed by atoms with Crippen molar-refractivity contribution in [1.82, 2.24) is 9.88 Å². The first-order valence-corrected chi connectivity index (χ1v) is 6.04. The third kappa shape index (κ3) is 2.97. The van der Waals surface area contributed by atoms with Crippen LogP contribution in [0.3, 0.4) is 0 Å². The molecule has 2 heterocycles. The van der Waals surface area contributed by atoms with Crippen molar-refractivity contribution in [3.8, 4) is 12.1 Å². The minimum atomic E-state index is 0.335. The van der Waals surface area contributed by atoms with Gasteiger partial charge in [-0.1, -0.05) is 0 Å². The molecule has 0 spiro atoms. The highest BCUT2D eigenvalue weighted by molar-refractivity contribution is 5.51. The molecule has 1 aliphatic rings. The molecule has 0 radical (unpaired) electrons. The number of piperidine rings is 1. The molecule has 1 saturated heterocycles. The van der Waals surface area contributed by atoms with Crippen LogP contribution in [-0.2, 0) is 0 Å². The molecular formula is C13H15N5. The number of likely N-dealkylation sites (tertiary alicyclic amines) is 1. The first kappa shape index (κ1) is 12.3. The molecule has 0 unspecified atom stereocenters. The van der Waals surface area contributed by atoms with E-state index in [9.17, 15) is 0 Å². The topological polar surface area (TPSA) is 75.7 Å². The molecule has 0 amide bonds. The predicted molar refractivity (Wildman–Crippen MR) is 67.6 cm³/mol. The van der Waals surface area contributed by atoms with Crippen LogP contribution in [0.25, 0.3) is 0 Å². The van der Waals surface area contributed by atoms with Crippen LogP contribution in [0.5, 0.6) is 0 Å². The zero-order valence-electron chi connectivity index (χ0n) is 10.1. The van der Waals surface area contributed by atoms with E-state index in [1.165, 1.54) is 0 Å². The van der Waals surface area contributed by atoms with Crippen LogP contribution in [0, 0.1) is 22.7 Å². The Balaban J connectivity index is 1.92. The predicted octanol–water partition coefficient (Wildman–Crippen LogP) is 1.35. The Morgan fingerprint density at radius 2 is 2.17 bits per heavy atom. The van der Waals surface area contributed by atoms with Crippen molar-refractivity contribution in [2.75, 3.05) is 25.0 Å². The van der Waals surface area contributed by atoms with E-state index in [0.29, 0.717) is 24.0 Å². The van der Waals surface area contributed by atoms with Gasteiger partial charge in [0.2, 0.25) is 0 Å². The molecule has 2 rings (SSSR count). The number of anilines is 1. The van der Waals surface area contributed by atoms with Crippen LogP contribution in [-0.4, -0.2) is 35.6 Å². The molecule has 1 aromatic rings. The van der Waals surface area contributed by atoms with Crippen molar-refractivity contribution < 1.29 is 0 Å². The molecule has 1 fully saturated rings. The Morgan fingerprint density at radius 3 is 2.83 bits per heavy atom. The van der Waals surface area contributed by atoms with Crippen LogP contribution in [0.1, 0.15) is 18.4 Å². The summed E-state index contributed by atoms with van der Waals surface area (Å²) < 4.78 is 0. The summed E-state index contributed by atoms with van der Waals surface area (Å²) >= 11 is 0. The third-order valence-corrected chi connectivity index (χ3v) is 3.15. The molecule has 0 atom stereocenters. The molecule has 1 aromatic heterocycles. The van der Waals surface area contributed by atoms with Gasteiger partial charge in [-0.2, -0.15) is 10.5 Å². The van der Waals surface area contributed by atoms with E-state index in [2.05, 4.69) is 27.3 Å². The maximum atomic E-state index is 8.99. The zero-order valence-corrected chi connectivity index (χ0v) is 10.1. The minimum absolute atomic E-state index is 0.335. The van der Waals surface area contributed by atoms with Crippen molar-refractivity contribution in [1.29, 1.82) is 10.5 Å². The Kier molecular flexibility index (Phi) is 4.11. The van der Waals surface area contributed by atoms with Gasteiger partial charge >= 0.3 is 0 Å². The molecule has 0 aromatic carbocycles. The molecule has 18 heavy (non-hydrogen) atoms. The summed E-state index contributed by atoms with van der Waals surface area (Å²) in [6.07, 6.45) is 3.64. The van der Waals surface area contributed by atoms with Gasteiger partial charge < -0.3 is 5.32 Å². The lowest BCUT2D eigenvalue weighted by Crippen LogP contribution is -2.39. The molecule has 1 N–H and O–H groups in total. The van der Waals surface area contributed by atoms with Crippen LogP contribution in [0.15, 0.2) is 18.3 Å². The second-order valence-electron chi connectivity index (χ2n) is 4.36. The van der Waals surface area contributed by atoms with Gasteiger partial charge in [-0.15, -0.1) is 0 Å². The number of pyridine rings is 1. The van der Waals surface area contributed by atoms with Crippen LogP contribution in [0.4, 0.5) is 5.82 Å². The lowest BCUT2D eigenvalue weighted by molar-refractivity contribution is 0.242. The van der Waals surface area contributed by atoms with Gasteiger partial charge in [0.05, 0.1) is 18.2 Å². The van der Waals surface area contributed by atoms with E-state index in [-0.39, 0.29) is 0 Å². The number of nitrogens with zero attached hydrogens (tertiary/aromatic N) is 4. The highest BCUT2D eigenvalue weighted by atomic mass is 15.1. The Labute approximate surface area is 107 Å². The molecule has 0 saturated carbocycles. The molecule has 0 bridgehead atoms. The van der Waals surface area contributed by atoms with Crippen molar-refractivity contribution in [3.05, 3.63) is 23.9 Å². The van der Waals surface area contributed by atoms with Gasteiger partial charge in [0.1, 0.15) is 11.9 Å². The molecule has 92 valence electrons. The quantitative estimate of drug-likeness (QED) is 0.808. The number of aromatic nitrogens is 1. The van der Waals surface area contributed by atoms with E-state index < -0.39 is 0 Å². The van der Waals surface area contributed by atoms with Crippen molar-refractivity contribution in [2.24, 2.45) is 0 Å². The lowest BCUT2D eigenvalue weighted by atomic mass is 10.0. The van der Waals surface area contributed by atoms with E-state index >= 15 is 0 Å². The van der Waals surface area contributed by atoms with Gasteiger partial charge in [-0.25, -0.2) is 4.98 Å². The fourth-order valence-corrected chi connectivity index (χ4v) is 2.14. The van der Waals surface area contributed by atoms with Crippen molar-refractivity contribution in [2.45, 2.75) is 18.9 Å². The SMILES string of the molecule is N#CCN1CCC(Nc2ncccc2C#N)CC1. The first-order chi connectivity index (χ1) is 8.83. The average molecular weight is 241 g/mol. The average Bonchev–Trinajstić information content (AvgIpc) is 2.42. The third-order valence-electron chi connectivity index (χ3n) is 3.15. The van der Waals surface area contributed by atoms with Crippen LogP contribution >= 0.6 is 0 Å². The second-order valence-corrected chi connectivity index (χ2v) is 4.36. The molecule has 1 aliphatic heterocycles. The normalized spacial score (nSPS) is 16.8. The van der Waals surface area contributed by atoms with Crippen molar-refractivity contribution >= 4 is 5.82 Å². The summed E-state index contributed by atoms with van der Waals surface area (Å²) in [6, 6.07) is 8.17. The van der Waals surface area contributed by atoms with Gasteiger partial charge in [0, 0.05) is 25.3 Å². The van der Waals surface area contributed by atoms with Gasteiger partial charge in [0.25, 0.3) is 0 Å². The molecule has 5 heteroatoms. The smallest absolute Gasteiger partial charge is 0.144 e. The molecule has 5 nitrogen and oxygen atoms in total. The van der Waals surface area contributed by atoms with Crippen molar-refractivity contribution in [3.63, 3.8) is 0 Å². The number of hydrogen-bond donors (Lipinski definition) is 1. The van der Waals surface area contributed by atoms with Crippen LogP contribution in [0.2, 0.25) is 0 Å². The summed E-state index contributed by atoms with van der Waals surface area (Å²) in [6.45, 7) is 2.33. The Morgan fingerprint density at radius 1 is 1.39 bits per heavy atom. The van der Waals surface area contributed by atoms with Gasteiger partial charge in [-0.3, -0.25) is 4.90 Å². The van der Waals surface area contributed by atoms with E-state index in [0.717, 1.165) is 25.9 Å². The standard InChI is InChI=1S/C13H15N5/c14-5-9-18-7-3-12(4-8-18)17-13-11(10-15)2-1-6-16-13/h1-2,6,12H,3-4,7-9H2,(H,16,17). The fourth-order valence-electron chi connectivity index (χ4n) is 2.14. The molecular weight excluding hydrogens is 226 g/mol. The number of nitriles is 2. The summed E-state index contributed by atoms with van der Waals surface area (Å²) in [5, 5.41) is 20.9. The highest BCUT2D eigenvalue weighted by Crippen LogP contribution is 2.17. The van der Waals surface area contributed by atoms with Gasteiger partial charge in [0.15, 0.2) is 0 Å². The Hall–Kier alpha value is -2.11. The van der Waals surface area contributed by atoms with E-state index in [4.69, 9.17) is 10.5 Å². The summed E-state index contributed by atoms with van der Waals surface area (Å²) in [4.78, 5) is 6.34. The zero-order chi connectivity index (χ0) is 12.8. The van der Waals surface area contributed by atoms with Gasteiger partial charge in [-0.05, 0) is 25.0 Å². The minimum Gasteiger partial charge on any atom is -0.366 e. The number of rotatable bonds is 3. The van der Waals surface area contributed by atoms with Crippen LogP contribution < -0.4 is 5.32 Å². The van der Waals surface area contributed by atoms with E-state index in [1.54, 1.807) is 18.3 Å². The molecule has 0 aliphatic carbocycles. The maximum absolute atomic E-state index is 8.99. The number of nitrogens with one attached hydrogen (secondary N) is 1. The number of hydrogen-bond acceptors (Lipinski definition) is 5. The summed E-state index contributed by atoms with van der Waals surface area (Å²) in [5.41, 5.74) is 0.581. The largest absolute Gasteiger partial charge is 0.366 e. The summed E-state index contributed by atoms with van der Waals surface area (Å²) in [5.74, 6) is 0.665. The maximum Gasteiger partial charge on any atom is 0.144 e. The monoisotopic (exact) mass is 241 g/mol.